The van der Waals surface area contributed by atoms with Gasteiger partial charge < -0.3 is 19.7 Å². The van der Waals surface area contributed by atoms with Crippen molar-refractivity contribution in [3.8, 4) is 11.5 Å². The Morgan fingerprint density at radius 1 is 1.07 bits per heavy atom. The highest BCUT2D eigenvalue weighted by molar-refractivity contribution is 6.03. The summed E-state index contributed by atoms with van der Waals surface area (Å²) in [5, 5.41) is 2.94. The molecule has 150 valence electrons. The molecule has 1 aliphatic carbocycles. The molecule has 2 aliphatic heterocycles. The van der Waals surface area contributed by atoms with E-state index in [0.29, 0.717) is 18.0 Å². The predicted molar refractivity (Wildman–Crippen MR) is 109 cm³/mol. The number of ether oxygens (including phenoxy) is 2. The van der Waals surface area contributed by atoms with E-state index in [1.54, 1.807) is 4.90 Å². The zero-order valence-corrected chi connectivity index (χ0v) is 16.4. The van der Waals surface area contributed by atoms with Crippen molar-refractivity contribution in [1.82, 2.24) is 0 Å². The van der Waals surface area contributed by atoms with Gasteiger partial charge >= 0.3 is 0 Å². The first-order valence-electron chi connectivity index (χ1n) is 10.2. The predicted octanol–water partition coefficient (Wildman–Crippen LogP) is 4.03. The first-order chi connectivity index (χ1) is 14.0. The van der Waals surface area contributed by atoms with E-state index in [0.717, 1.165) is 42.7 Å². The molecule has 2 amide bonds. The lowest BCUT2D eigenvalue weighted by Crippen LogP contribution is -2.34. The van der Waals surface area contributed by atoms with Crippen molar-refractivity contribution in [2.45, 2.75) is 44.8 Å². The topological polar surface area (TPSA) is 67.9 Å². The molecule has 1 spiro atoms. The van der Waals surface area contributed by atoms with E-state index in [2.05, 4.69) is 5.32 Å². The van der Waals surface area contributed by atoms with Crippen LogP contribution in [0.3, 0.4) is 0 Å². The Bertz CT molecular complexity index is 963. The summed E-state index contributed by atoms with van der Waals surface area (Å²) in [6.07, 6.45) is 4.20. The number of nitrogens with zero attached hydrogens (tertiary/aromatic N) is 1. The van der Waals surface area contributed by atoms with Gasteiger partial charge in [0.15, 0.2) is 11.5 Å². The van der Waals surface area contributed by atoms with Crippen LogP contribution in [-0.4, -0.2) is 24.1 Å². The number of fused-ring (bicyclic) bond motifs is 1. The molecule has 2 aromatic carbocycles. The van der Waals surface area contributed by atoms with Crippen LogP contribution in [0.2, 0.25) is 0 Å². The van der Waals surface area contributed by atoms with Crippen LogP contribution in [0.5, 0.6) is 11.5 Å². The number of hydrogen-bond acceptors (Lipinski definition) is 4. The minimum absolute atomic E-state index is 0.0251. The van der Waals surface area contributed by atoms with Crippen molar-refractivity contribution in [3.05, 3.63) is 48.0 Å². The largest absolute Gasteiger partial charge is 0.448 e. The summed E-state index contributed by atoms with van der Waals surface area (Å²) in [4.78, 5) is 26.9. The van der Waals surface area contributed by atoms with E-state index in [1.807, 2.05) is 49.4 Å². The molecule has 6 heteroatoms. The van der Waals surface area contributed by atoms with Crippen LogP contribution in [0.1, 0.15) is 37.7 Å². The average Bonchev–Trinajstić information content (AvgIpc) is 3.41. The molecule has 1 N–H and O–H groups in total. The molecule has 0 unspecified atom stereocenters. The monoisotopic (exact) mass is 392 g/mol. The van der Waals surface area contributed by atoms with E-state index < -0.39 is 5.79 Å². The SMILES string of the molecule is Cc1ccc(N2C[C@H](C(=O)Nc3ccc4c(c3)OC3(CCCC3)O4)CC2=O)cc1. The number of carbonyl (C=O) groups excluding carboxylic acids is 2. The highest BCUT2D eigenvalue weighted by Crippen LogP contribution is 2.47. The van der Waals surface area contributed by atoms with Gasteiger partial charge in [-0.1, -0.05) is 17.7 Å². The number of benzene rings is 2. The molecule has 0 radical (unpaired) electrons. The first-order valence-corrected chi connectivity index (χ1v) is 10.2. The van der Waals surface area contributed by atoms with E-state index in [1.165, 1.54) is 0 Å². The Hall–Kier alpha value is -3.02. The molecule has 1 saturated carbocycles. The van der Waals surface area contributed by atoms with Crippen LogP contribution in [0.25, 0.3) is 0 Å². The van der Waals surface area contributed by atoms with Gasteiger partial charge in [-0.15, -0.1) is 0 Å². The minimum atomic E-state index is -0.516. The molecular formula is C23H24N2O4. The molecule has 0 bridgehead atoms. The Balaban J connectivity index is 1.26. The molecule has 6 nitrogen and oxygen atoms in total. The molecule has 0 aromatic heterocycles. The Morgan fingerprint density at radius 2 is 1.79 bits per heavy atom. The summed E-state index contributed by atoms with van der Waals surface area (Å²) in [5.74, 6) is 0.331. The lowest BCUT2D eigenvalue weighted by molar-refractivity contribution is -0.122. The Morgan fingerprint density at radius 3 is 2.55 bits per heavy atom. The maximum atomic E-state index is 12.8. The van der Waals surface area contributed by atoms with Crippen LogP contribution < -0.4 is 19.7 Å². The lowest BCUT2D eigenvalue weighted by atomic mass is 10.1. The van der Waals surface area contributed by atoms with Crippen molar-refractivity contribution >= 4 is 23.2 Å². The molecule has 2 fully saturated rings. The molecule has 29 heavy (non-hydrogen) atoms. The second-order valence-electron chi connectivity index (χ2n) is 8.21. The molecule has 1 saturated heterocycles. The summed E-state index contributed by atoms with van der Waals surface area (Å²) in [6.45, 7) is 2.40. The second kappa shape index (κ2) is 6.79. The van der Waals surface area contributed by atoms with Gasteiger partial charge in [0.25, 0.3) is 5.79 Å². The van der Waals surface area contributed by atoms with E-state index in [9.17, 15) is 9.59 Å². The summed E-state index contributed by atoms with van der Waals surface area (Å²) in [5.41, 5.74) is 2.63. The molecule has 2 heterocycles. The van der Waals surface area contributed by atoms with Crippen LogP contribution in [0.4, 0.5) is 11.4 Å². The highest BCUT2D eigenvalue weighted by Gasteiger charge is 2.44. The third-order valence-corrected chi connectivity index (χ3v) is 6.01. The summed E-state index contributed by atoms with van der Waals surface area (Å²) < 4.78 is 12.1. The van der Waals surface area contributed by atoms with Gasteiger partial charge in [0.1, 0.15) is 0 Å². The Labute approximate surface area is 169 Å². The number of amides is 2. The van der Waals surface area contributed by atoms with Gasteiger partial charge in [-0.2, -0.15) is 0 Å². The molecule has 2 aromatic rings. The summed E-state index contributed by atoms with van der Waals surface area (Å²) in [6, 6.07) is 13.3. The zero-order chi connectivity index (χ0) is 20.0. The maximum absolute atomic E-state index is 12.8. The zero-order valence-electron chi connectivity index (χ0n) is 16.4. The number of rotatable bonds is 3. The highest BCUT2D eigenvalue weighted by atomic mass is 16.7. The average molecular weight is 392 g/mol. The number of carbonyl (C=O) groups is 2. The van der Waals surface area contributed by atoms with E-state index >= 15 is 0 Å². The van der Waals surface area contributed by atoms with Gasteiger partial charge in [0.2, 0.25) is 11.8 Å². The smallest absolute Gasteiger partial charge is 0.251 e. The fourth-order valence-electron chi connectivity index (χ4n) is 4.39. The van der Waals surface area contributed by atoms with Crippen molar-refractivity contribution in [1.29, 1.82) is 0 Å². The fourth-order valence-corrected chi connectivity index (χ4v) is 4.39. The fraction of sp³-hybridized carbons (Fsp3) is 0.391. The van der Waals surface area contributed by atoms with Crippen LogP contribution in [0, 0.1) is 12.8 Å². The summed E-state index contributed by atoms with van der Waals surface area (Å²) in [7, 11) is 0. The van der Waals surface area contributed by atoms with Crippen molar-refractivity contribution in [2.24, 2.45) is 5.92 Å². The Kier molecular flexibility index (Phi) is 4.23. The third-order valence-electron chi connectivity index (χ3n) is 6.01. The van der Waals surface area contributed by atoms with Gasteiger partial charge in [0, 0.05) is 43.2 Å². The molecule has 5 rings (SSSR count). The standard InChI is InChI=1S/C23H24N2O4/c1-15-4-7-18(8-5-15)25-14-16(12-21(25)26)22(27)24-17-6-9-19-20(13-17)29-23(28-19)10-2-3-11-23/h4-9,13,16H,2-3,10-12,14H2,1H3,(H,24,27)/t16-/m1/s1. The van der Waals surface area contributed by atoms with Gasteiger partial charge in [-0.25, -0.2) is 0 Å². The molecule has 1 atom stereocenters. The van der Waals surface area contributed by atoms with Crippen molar-refractivity contribution < 1.29 is 19.1 Å². The van der Waals surface area contributed by atoms with Gasteiger partial charge in [0.05, 0.1) is 5.92 Å². The van der Waals surface area contributed by atoms with E-state index in [4.69, 9.17) is 9.47 Å². The van der Waals surface area contributed by atoms with Crippen LogP contribution in [-0.2, 0) is 9.59 Å². The van der Waals surface area contributed by atoms with E-state index in [-0.39, 0.29) is 24.2 Å². The maximum Gasteiger partial charge on any atom is 0.251 e. The molecule has 3 aliphatic rings. The number of hydrogen-bond donors (Lipinski definition) is 1. The third kappa shape index (κ3) is 3.33. The number of aryl methyl sites for hydroxylation is 1. The molecular weight excluding hydrogens is 368 g/mol. The quantitative estimate of drug-likeness (QED) is 0.856. The van der Waals surface area contributed by atoms with Gasteiger partial charge in [-0.3, -0.25) is 9.59 Å². The first kappa shape index (κ1) is 18.0. The van der Waals surface area contributed by atoms with Crippen LogP contribution in [0.15, 0.2) is 42.5 Å². The van der Waals surface area contributed by atoms with Crippen molar-refractivity contribution in [3.63, 3.8) is 0 Å². The normalized spacial score (nSPS) is 21.8. The number of nitrogens with one attached hydrogen (secondary N) is 1. The summed E-state index contributed by atoms with van der Waals surface area (Å²) >= 11 is 0. The number of anilines is 2. The van der Waals surface area contributed by atoms with Crippen LogP contribution >= 0.6 is 0 Å². The second-order valence-corrected chi connectivity index (χ2v) is 8.21. The van der Waals surface area contributed by atoms with Gasteiger partial charge in [-0.05, 0) is 44.0 Å². The lowest BCUT2D eigenvalue weighted by Gasteiger charge is -2.21. The minimum Gasteiger partial charge on any atom is -0.448 e. The van der Waals surface area contributed by atoms with Crippen molar-refractivity contribution in [2.75, 3.05) is 16.8 Å².